The molecule has 22 heavy (non-hydrogen) atoms. The van der Waals surface area contributed by atoms with Crippen molar-refractivity contribution >= 4 is 11.9 Å². The quantitative estimate of drug-likeness (QED) is 0.584. The summed E-state index contributed by atoms with van der Waals surface area (Å²) in [7, 11) is 0. The number of hydrogen-bond donors (Lipinski definition) is 2. The monoisotopic (exact) mass is 308 g/mol. The van der Waals surface area contributed by atoms with Gasteiger partial charge in [0.1, 0.15) is 0 Å². The molecule has 1 aliphatic carbocycles. The van der Waals surface area contributed by atoms with Gasteiger partial charge in [0, 0.05) is 32.1 Å². The summed E-state index contributed by atoms with van der Waals surface area (Å²) >= 11 is 0. The molecule has 0 radical (unpaired) electrons. The molecule has 2 aliphatic rings. The third-order valence-electron chi connectivity index (χ3n) is 5.11. The van der Waals surface area contributed by atoms with Crippen LogP contribution in [-0.4, -0.2) is 49.0 Å². The fraction of sp³-hybridized carbons (Fsp3) is 0.882. The minimum Gasteiger partial charge on any atom is -0.357 e. The van der Waals surface area contributed by atoms with Crippen molar-refractivity contribution in [1.82, 2.24) is 15.5 Å². The van der Waals surface area contributed by atoms with Crippen LogP contribution in [-0.2, 0) is 4.79 Å². The van der Waals surface area contributed by atoms with Crippen molar-refractivity contribution in [3.8, 4) is 0 Å². The Labute approximate surface area is 134 Å². The first-order chi connectivity index (χ1) is 10.6. The Kier molecular flexibility index (Phi) is 6.09. The van der Waals surface area contributed by atoms with Crippen LogP contribution >= 0.6 is 0 Å². The molecule has 1 spiro atoms. The zero-order valence-electron chi connectivity index (χ0n) is 14.5. The highest BCUT2D eigenvalue weighted by molar-refractivity contribution is 5.81. The maximum Gasteiger partial charge on any atom is 0.222 e. The summed E-state index contributed by atoms with van der Waals surface area (Å²) in [6.45, 7) is 9.89. The van der Waals surface area contributed by atoms with Crippen LogP contribution in [0.5, 0.6) is 0 Å². The zero-order valence-corrected chi connectivity index (χ0v) is 14.5. The topological polar surface area (TPSA) is 56.7 Å². The number of nitrogens with one attached hydrogen (secondary N) is 2. The number of likely N-dealkylation sites (tertiary alicyclic amines) is 1. The summed E-state index contributed by atoms with van der Waals surface area (Å²) in [6, 6.07) is 0.252. The van der Waals surface area contributed by atoms with E-state index in [9.17, 15) is 4.79 Å². The molecule has 5 heteroatoms. The van der Waals surface area contributed by atoms with Crippen molar-refractivity contribution in [3.63, 3.8) is 0 Å². The molecule has 1 amide bonds. The lowest BCUT2D eigenvalue weighted by atomic mass is 9.68. The van der Waals surface area contributed by atoms with E-state index < -0.39 is 0 Å². The van der Waals surface area contributed by atoms with Crippen molar-refractivity contribution in [2.75, 3.05) is 26.2 Å². The molecule has 5 nitrogen and oxygen atoms in total. The van der Waals surface area contributed by atoms with Gasteiger partial charge >= 0.3 is 0 Å². The van der Waals surface area contributed by atoms with Gasteiger partial charge in [-0.15, -0.1) is 0 Å². The lowest BCUT2D eigenvalue weighted by molar-refractivity contribution is -0.121. The minimum atomic E-state index is 0.103. The Morgan fingerprint density at radius 2 is 2.09 bits per heavy atom. The Balaban J connectivity index is 1.81. The van der Waals surface area contributed by atoms with Gasteiger partial charge in [-0.05, 0) is 44.9 Å². The Bertz CT molecular complexity index is 403. The molecule has 0 bridgehead atoms. The highest BCUT2D eigenvalue weighted by atomic mass is 16.1. The molecule has 1 unspecified atom stereocenters. The summed E-state index contributed by atoms with van der Waals surface area (Å²) in [5.41, 5.74) is 0.574. The second-order valence-electron chi connectivity index (χ2n) is 6.89. The molecule has 2 rings (SSSR count). The van der Waals surface area contributed by atoms with Crippen LogP contribution in [0.4, 0.5) is 0 Å². The van der Waals surface area contributed by atoms with E-state index in [1.807, 2.05) is 6.92 Å². The van der Waals surface area contributed by atoms with Crippen molar-refractivity contribution in [1.29, 1.82) is 0 Å². The number of guanidine groups is 1. The number of carbonyl (C=O) groups excluding carboxylic acids is 1. The molecule has 1 heterocycles. The van der Waals surface area contributed by atoms with Crippen LogP contribution in [0.2, 0.25) is 0 Å². The van der Waals surface area contributed by atoms with Crippen LogP contribution in [0.15, 0.2) is 4.99 Å². The van der Waals surface area contributed by atoms with E-state index in [1.54, 1.807) is 0 Å². The second-order valence-corrected chi connectivity index (χ2v) is 6.89. The van der Waals surface area contributed by atoms with E-state index in [0.717, 1.165) is 32.0 Å². The van der Waals surface area contributed by atoms with E-state index in [1.165, 1.54) is 25.7 Å². The Morgan fingerprint density at radius 3 is 2.64 bits per heavy atom. The highest BCUT2D eigenvalue weighted by Gasteiger charge is 2.43. The van der Waals surface area contributed by atoms with Crippen molar-refractivity contribution in [2.45, 2.75) is 65.3 Å². The Hall–Kier alpha value is -1.26. The SMILES string of the molecule is CCNC(=NCCC(=O)NC(C)CC)N1CCC2(CCC2)C1. The molecule has 0 aromatic heterocycles. The van der Waals surface area contributed by atoms with Gasteiger partial charge in [0.2, 0.25) is 5.91 Å². The maximum atomic E-state index is 11.8. The molecule has 1 atom stereocenters. The number of hydrogen-bond acceptors (Lipinski definition) is 2. The van der Waals surface area contributed by atoms with Crippen molar-refractivity contribution < 1.29 is 4.79 Å². The smallest absolute Gasteiger partial charge is 0.222 e. The van der Waals surface area contributed by atoms with Gasteiger partial charge in [-0.2, -0.15) is 0 Å². The number of rotatable bonds is 6. The Morgan fingerprint density at radius 1 is 1.32 bits per heavy atom. The summed E-state index contributed by atoms with van der Waals surface area (Å²) in [4.78, 5) is 18.9. The molecule has 0 aromatic rings. The van der Waals surface area contributed by atoms with Gasteiger partial charge in [-0.3, -0.25) is 9.79 Å². The van der Waals surface area contributed by atoms with Crippen LogP contribution in [0.3, 0.4) is 0 Å². The van der Waals surface area contributed by atoms with E-state index in [2.05, 4.69) is 34.4 Å². The standard InChI is InChI=1S/C17H32N4O/c1-4-14(3)20-15(22)7-11-19-16(18-5-2)21-12-10-17(13-21)8-6-9-17/h14H,4-13H2,1-3H3,(H,18,19)(H,20,22). The largest absolute Gasteiger partial charge is 0.357 e. The molecule has 1 aliphatic heterocycles. The first-order valence-electron chi connectivity index (χ1n) is 8.91. The normalized spacial score (nSPS) is 21.6. The minimum absolute atomic E-state index is 0.103. The van der Waals surface area contributed by atoms with Crippen molar-refractivity contribution in [3.05, 3.63) is 0 Å². The predicted molar refractivity (Wildman–Crippen MR) is 91.0 cm³/mol. The average molecular weight is 308 g/mol. The van der Waals surface area contributed by atoms with Gasteiger partial charge in [0.15, 0.2) is 5.96 Å². The summed E-state index contributed by atoms with van der Waals surface area (Å²) in [5, 5.41) is 6.37. The maximum absolute atomic E-state index is 11.8. The van der Waals surface area contributed by atoms with Gasteiger partial charge in [0.05, 0.1) is 6.54 Å². The first-order valence-corrected chi connectivity index (χ1v) is 8.91. The van der Waals surface area contributed by atoms with E-state index >= 15 is 0 Å². The molecule has 1 saturated carbocycles. The van der Waals surface area contributed by atoms with Gasteiger partial charge in [-0.25, -0.2) is 0 Å². The van der Waals surface area contributed by atoms with E-state index in [-0.39, 0.29) is 11.9 Å². The molecule has 2 N–H and O–H groups in total. The van der Waals surface area contributed by atoms with Crippen LogP contribution in [0, 0.1) is 5.41 Å². The van der Waals surface area contributed by atoms with E-state index in [0.29, 0.717) is 18.4 Å². The van der Waals surface area contributed by atoms with Crippen LogP contribution < -0.4 is 10.6 Å². The average Bonchev–Trinajstić information content (AvgIpc) is 2.91. The lowest BCUT2D eigenvalue weighted by Gasteiger charge is -2.38. The molecule has 126 valence electrons. The zero-order chi connectivity index (χ0) is 16.0. The second kappa shape index (κ2) is 7.84. The summed E-state index contributed by atoms with van der Waals surface area (Å²) in [6.07, 6.45) is 6.87. The molecular weight excluding hydrogens is 276 g/mol. The molecule has 1 saturated heterocycles. The first kappa shape index (κ1) is 17.1. The number of aliphatic imine (C=N–C) groups is 1. The third kappa shape index (κ3) is 4.37. The van der Waals surface area contributed by atoms with Crippen molar-refractivity contribution in [2.24, 2.45) is 10.4 Å². The number of amides is 1. The lowest BCUT2D eigenvalue weighted by Crippen LogP contribution is -2.42. The fourth-order valence-corrected chi connectivity index (χ4v) is 3.34. The summed E-state index contributed by atoms with van der Waals surface area (Å²) in [5.74, 6) is 1.09. The number of nitrogens with zero attached hydrogens (tertiary/aromatic N) is 2. The molecule has 2 fully saturated rings. The summed E-state index contributed by atoms with van der Waals surface area (Å²) < 4.78 is 0. The van der Waals surface area contributed by atoms with Crippen LogP contribution in [0.1, 0.15) is 59.3 Å². The molecular formula is C17H32N4O. The van der Waals surface area contributed by atoms with Gasteiger partial charge < -0.3 is 15.5 Å². The predicted octanol–water partition coefficient (Wildman–Crippen LogP) is 2.13. The van der Waals surface area contributed by atoms with Crippen LogP contribution in [0.25, 0.3) is 0 Å². The highest BCUT2D eigenvalue weighted by Crippen LogP contribution is 2.47. The number of carbonyl (C=O) groups is 1. The molecule has 0 aromatic carbocycles. The van der Waals surface area contributed by atoms with Gasteiger partial charge in [-0.1, -0.05) is 13.3 Å². The van der Waals surface area contributed by atoms with Gasteiger partial charge in [0.25, 0.3) is 0 Å². The van der Waals surface area contributed by atoms with E-state index in [4.69, 9.17) is 0 Å². The third-order valence-corrected chi connectivity index (χ3v) is 5.11. The fourth-order valence-electron chi connectivity index (χ4n) is 3.34.